The predicted molar refractivity (Wildman–Crippen MR) is 53.0 cm³/mol. The van der Waals surface area contributed by atoms with Gasteiger partial charge >= 0.3 is 5.97 Å². The van der Waals surface area contributed by atoms with E-state index in [9.17, 15) is 4.79 Å². The quantitative estimate of drug-likeness (QED) is 0.652. The van der Waals surface area contributed by atoms with Gasteiger partial charge < -0.3 is 4.74 Å². The first-order valence-corrected chi connectivity index (χ1v) is 4.48. The highest BCUT2D eigenvalue weighted by Gasteiger charge is 2.11. The highest BCUT2D eigenvalue weighted by molar-refractivity contribution is 5.85. The Kier molecular flexibility index (Phi) is 2.74. The van der Waals surface area contributed by atoms with Gasteiger partial charge in [0.15, 0.2) is 5.82 Å². The molecule has 2 heterocycles. The Labute approximate surface area is 95.5 Å². The fourth-order valence-corrected chi connectivity index (χ4v) is 1.09. The van der Waals surface area contributed by atoms with E-state index in [4.69, 9.17) is 5.26 Å². The molecule has 8 nitrogen and oxygen atoms in total. The van der Waals surface area contributed by atoms with Gasteiger partial charge in [-0.25, -0.2) is 24.4 Å². The number of carbonyl (C=O) groups is 1. The second-order valence-electron chi connectivity index (χ2n) is 2.85. The molecule has 2 rings (SSSR count). The van der Waals surface area contributed by atoms with Crippen molar-refractivity contribution in [2.45, 2.75) is 0 Å². The van der Waals surface area contributed by atoms with Crippen molar-refractivity contribution in [1.29, 1.82) is 5.26 Å². The standard InChI is InChI=1S/C9H6N6O2/c1-17-9(16)8-11-3-2-7(13-8)15-5-12-6(4-10)14-15/h2-3,5H,1H3. The molecule has 0 spiro atoms. The molecule has 84 valence electrons. The van der Waals surface area contributed by atoms with Gasteiger partial charge in [0.25, 0.3) is 5.82 Å². The molecule has 17 heavy (non-hydrogen) atoms. The molecule has 0 aliphatic heterocycles. The maximum atomic E-state index is 11.2. The summed E-state index contributed by atoms with van der Waals surface area (Å²) in [6, 6.07) is 3.32. The second kappa shape index (κ2) is 4.36. The van der Waals surface area contributed by atoms with Crippen molar-refractivity contribution in [3.8, 4) is 11.9 Å². The topological polar surface area (TPSA) is 107 Å². The van der Waals surface area contributed by atoms with Gasteiger partial charge in [0.05, 0.1) is 7.11 Å². The van der Waals surface area contributed by atoms with E-state index < -0.39 is 5.97 Å². The molecule has 0 aromatic carbocycles. The van der Waals surface area contributed by atoms with Crippen molar-refractivity contribution >= 4 is 5.97 Å². The van der Waals surface area contributed by atoms with Crippen molar-refractivity contribution in [3.63, 3.8) is 0 Å². The van der Waals surface area contributed by atoms with Crippen LogP contribution in [0.15, 0.2) is 18.6 Å². The fourth-order valence-electron chi connectivity index (χ4n) is 1.09. The Balaban J connectivity index is 2.40. The van der Waals surface area contributed by atoms with Crippen molar-refractivity contribution in [1.82, 2.24) is 24.7 Å². The smallest absolute Gasteiger partial charge is 0.376 e. The van der Waals surface area contributed by atoms with E-state index in [-0.39, 0.29) is 11.6 Å². The lowest BCUT2D eigenvalue weighted by Gasteiger charge is -2.00. The summed E-state index contributed by atoms with van der Waals surface area (Å²) in [6.07, 6.45) is 2.71. The molecule has 0 N–H and O–H groups in total. The number of carbonyl (C=O) groups excluding carboxylic acids is 1. The molecule has 0 aliphatic rings. The molecule has 0 saturated heterocycles. The number of rotatable bonds is 2. The molecular formula is C9H6N6O2. The number of ether oxygens (including phenoxy) is 1. The summed E-state index contributed by atoms with van der Waals surface area (Å²) in [5.41, 5.74) is 0. The van der Waals surface area contributed by atoms with Crippen LogP contribution >= 0.6 is 0 Å². The lowest BCUT2D eigenvalue weighted by atomic mass is 10.5. The number of hydrogen-bond donors (Lipinski definition) is 0. The maximum Gasteiger partial charge on any atom is 0.376 e. The molecule has 0 saturated carbocycles. The molecule has 2 aromatic rings. The highest BCUT2D eigenvalue weighted by Crippen LogP contribution is 2.02. The Morgan fingerprint density at radius 3 is 3.00 bits per heavy atom. The summed E-state index contributed by atoms with van der Waals surface area (Å²) < 4.78 is 5.76. The van der Waals surface area contributed by atoms with E-state index in [1.54, 1.807) is 6.07 Å². The van der Waals surface area contributed by atoms with Gasteiger partial charge in [-0.2, -0.15) is 5.26 Å². The second-order valence-corrected chi connectivity index (χ2v) is 2.85. The molecule has 0 amide bonds. The van der Waals surface area contributed by atoms with Crippen LogP contribution in [0.4, 0.5) is 0 Å². The summed E-state index contributed by atoms with van der Waals surface area (Å²) >= 11 is 0. The van der Waals surface area contributed by atoms with Crippen LogP contribution in [0.5, 0.6) is 0 Å². The van der Waals surface area contributed by atoms with Crippen LogP contribution in [0.3, 0.4) is 0 Å². The van der Waals surface area contributed by atoms with E-state index in [0.29, 0.717) is 5.82 Å². The zero-order chi connectivity index (χ0) is 12.3. The van der Waals surface area contributed by atoms with E-state index in [1.165, 1.54) is 30.4 Å². The molecule has 0 atom stereocenters. The molecular weight excluding hydrogens is 224 g/mol. The number of nitrogens with zero attached hydrogens (tertiary/aromatic N) is 6. The monoisotopic (exact) mass is 230 g/mol. The minimum Gasteiger partial charge on any atom is -0.463 e. The minimum atomic E-state index is -0.646. The van der Waals surface area contributed by atoms with Gasteiger partial charge in [0, 0.05) is 12.3 Å². The third kappa shape index (κ3) is 2.07. The Morgan fingerprint density at radius 1 is 1.53 bits per heavy atom. The predicted octanol–water partition coefficient (Wildman–Crippen LogP) is -0.284. The van der Waals surface area contributed by atoms with E-state index in [1.807, 2.05) is 0 Å². The summed E-state index contributed by atoms with van der Waals surface area (Å²) in [4.78, 5) is 22.6. The normalized spacial score (nSPS) is 9.65. The van der Waals surface area contributed by atoms with Gasteiger partial charge in [-0.3, -0.25) is 0 Å². The Hall–Kier alpha value is -2.82. The van der Waals surface area contributed by atoms with Gasteiger partial charge in [-0.1, -0.05) is 0 Å². The Bertz CT molecular complexity index is 600. The average Bonchev–Trinajstić information content (AvgIpc) is 2.86. The van der Waals surface area contributed by atoms with E-state index in [0.717, 1.165) is 0 Å². The van der Waals surface area contributed by atoms with Crippen LogP contribution in [-0.4, -0.2) is 37.8 Å². The van der Waals surface area contributed by atoms with Gasteiger partial charge in [0.2, 0.25) is 5.82 Å². The number of esters is 1. The summed E-state index contributed by atoms with van der Waals surface area (Å²) in [5.74, 6) is -0.385. The molecule has 2 aromatic heterocycles. The molecule has 0 radical (unpaired) electrons. The first kappa shape index (κ1) is 10.7. The van der Waals surface area contributed by atoms with Crippen LogP contribution in [0.1, 0.15) is 16.4 Å². The van der Waals surface area contributed by atoms with Crippen molar-refractivity contribution in [2.24, 2.45) is 0 Å². The highest BCUT2D eigenvalue weighted by atomic mass is 16.5. The first-order chi connectivity index (χ1) is 8.24. The lowest BCUT2D eigenvalue weighted by molar-refractivity contribution is 0.0586. The third-order valence-electron chi connectivity index (χ3n) is 1.84. The van der Waals surface area contributed by atoms with Crippen LogP contribution < -0.4 is 0 Å². The maximum absolute atomic E-state index is 11.2. The minimum absolute atomic E-state index is 0.0169. The SMILES string of the molecule is COC(=O)c1nccc(-n2cnc(C#N)n2)n1. The van der Waals surface area contributed by atoms with Crippen molar-refractivity contribution in [2.75, 3.05) is 7.11 Å². The van der Waals surface area contributed by atoms with Gasteiger partial charge in [-0.05, 0) is 0 Å². The summed E-state index contributed by atoms with van der Waals surface area (Å²) in [7, 11) is 1.24. The van der Waals surface area contributed by atoms with Crippen molar-refractivity contribution in [3.05, 3.63) is 30.2 Å². The van der Waals surface area contributed by atoms with E-state index in [2.05, 4.69) is 24.8 Å². The summed E-state index contributed by atoms with van der Waals surface area (Å²) in [6.45, 7) is 0. The van der Waals surface area contributed by atoms with Crippen LogP contribution in [0, 0.1) is 11.3 Å². The molecule has 0 aliphatic carbocycles. The first-order valence-electron chi connectivity index (χ1n) is 4.48. The molecule has 8 heteroatoms. The van der Waals surface area contributed by atoms with Gasteiger partial charge in [0.1, 0.15) is 12.4 Å². The van der Waals surface area contributed by atoms with Gasteiger partial charge in [-0.15, -0.1) is 5.10 Å². The van der Waals surface area contributed by atoms with Crippen LogP contribution in [0.2, 0.25) is 0 Å². The zero-order valence-electron chi connectivity index (χ0n) is 8.73. The zero-order valence-corrected chi connectivity index (χ0v) is 8.73. The van der Waals surface area contributed by atoms with Crippen LogP contribution in [0.25, 0.3) is 5.82 Å². The Morgan fingerprint density at radius 2 is 2.35 bits per heavy atom. The molecule has 0 bridgehead atoms. The molecule has 0 fully saturated rings. The number of methoxy groups -OCH3 is 1. The third-order valence-corrected chi connectivity index (χ3v) is 1.84. The van der Waals surface area contributed by atoms with Crippen LogP contribution in [-0.2, 0) is 4.74 Å². The fraction of sp³-hybridized carbons (Fsp3) is 0.111. The number of aromatic nitrogens is 5. The molecule has 0 unspecified atom stereocenters. The average molecular weight is 230 g/mol. The number of nitriles is 1. The lowest BCUT2D eigenvalue weighted by Crippen LogP contribution is -2.10. The largest absolute Gasteiger partial charge is 0.463 e. The van der Waals surface area contributed by atoms with E-state index >= 15 is 0 Å². The summed E-state index contributed by atoms with van der Waals surface area (Å²) in [5, 5.41) is 12.4. The van der Waals surface area contributed by atoms with Crippen molar-refractivity contribution < 1.29 is 9.53 Å². The number of hydrogen-bond acceptors (Lipinski definition) is 7.